The van der Waals surface area contributed by atoms with Crippen LogP contribution >= 0.6 is 21.7 Å². The van der Waals surface area contributed by atoms with E-state index in [1.165, 1.54) is 24.3 Å². The lowest BCUT2D eigenvalue weighted by Crippen LogP contribution is -2.11. The van der Waals surface area contributed by atoms with Crippen molar-refractivity contribution in [3.63, 3.8) is 0 Å². The number of unbranched alkanes of at least 4 members (excludes halogenated alkanes) is 2. The van der Waals surface area contributed by atoms with Gasteiger partial charge in [0.1, 0.15) is 38.9 Å². The average molecular weight is 1430 g/mol. The van der Waals surface area contributed by atoms with Crippen LogP contribution in [0.4, 0.5) is 81.2 Å². The van der Waals surface area contributed by atoms with Crippen LogP contribution in [0.5, 0.6) is 17.2 Å². The minimum absolute atomic E-state index is 0.0524. The molecule has 0 fully saturated rings. The molecule has 42 heteroatoms. The second kappa shape index (κ2) is 29.2. The molecule has 20 N–H and O–H groups in total. The van der Waals surface area contributed by atoms with Gasteiger partial charge >= 0.3 is 17.9 Å². The van der Waals surface area contributed by atoms with E-state index in [1.807, 2.05) is 13.8 Å². The molecule has 0 unspecified atom stereocenters. The summed E-state index contributed by atoms with van der Waals surface area (Å²) in [6.07, 6.45) is 2.72. The van der Waals surface area contributed by atoms with E-state index in [-0.39, 0.29) is 69.0 Å². The highest BCUT2D eigenvalue weighted by Crippen LogP contribution is 2.57. The molecule has 0 atom stereocenters. The number of aromatic carboxylic acids is 3. The zero-order valence-corrected chi connectivity index (χ0v) is 53.6. The third kappa shape index (κ3) is 17.4. The minimum Gasteiger partial charge on any atom is -0.505 e. The fourth-order valence-electron chi connectivity index (χ4n) is 9.10. The predicted molar refractivity (Wildman–Crippen MR) is 354 cm³/mol. The summed E-state index contributed by atoms with van der Waals surface area (Å²) in [6.45, 7) is 3.62. The number of hydrogen-bond donors (Lipinski definition) is 20. The summed E-state index contributed by atoms with van der Waals surface area (Å²) in [5, 5.41) is 93.7. The summed E-state index contributed by atoms with van der Waals surface area (Å²) in [5.41, 5.74) is -4.05. The number of rotatable bonds is 29. The Morgan fingerprint density at radius 1 is 0.459 bits per heavy atom. The van der Waals surface area contributed by atoms with Crippen LogP contribution in [0.1, 0.15) is 70.6 Å². The lowest BCUT2D eigenvalue weighted by atomic mass is 10.1. The number of hydrogen-bond acceptors (Lipinski definition) is 33. The molecule has 0 saturated carbocycles. The first-order valence-corrected chi connectivity index (χ1v) is 34.0. The Hall–Kier alpha value is -10.9. The number of carbonyl (C=O) groups is 3. The number of aromatic nitrogens is 6. The van der Waals surface area contributed by atoms with Crippen LogP contribution < -0.4 is 36.6 Å². The lowest BCUT2D eigenvalue weighted by molar-refractivity contribution is 0.0681. The van der Waals surface area contributed by atoms with Gasteiger partial charge in [-0.1, -0.05) is 26.7 Å². The maximum Gasteiger partial charge on any atom is 0.335 e. The van der Waals surface area contributed by atoms with E-state index in [9.17, 15) is 98.3 Å². The number of azo groups is 2. The van der Waals surface area contributed by atoms with E-state index in [4.69, 9.17) is 4.74 Å². The number of aliphatic hydroxyl groups excluding tert-OH is 1. The SMILES string of the molecule is CCCCNc1nc(Nc2ccc(Nc3nc(NCCCC)nc(Nc4cc(S(=O)(=O)O)cc5cc(S(O)(O)O)c(N=Nc6cc(C(=O)O)cc(C(=O)O)c6)c(O)c45)n3)cc2)nc(Nc2cc(S(=O)(=O)O)cc3cc(S(O)(O)O)c(N=Nc4cc(OCO)cc(C(=O)O)c4)c(O)c23)n1. The molecule has 2 aromatic heterocycles. The Labute approximate surface area is 555 Å². The number of phenolic OH excluding ortho intramolecular Hbond substituents is 2. The molecule has 7 aromatic carbocycles. The summed E-state index contributed by atoms with van der Waals surface area (Å²) < 4.78 is 140. The Bertz CT molecular complexity index is 4900. The number of carboxylic acids is 3. The van der Waals surface area contributed by atoms with Crippen molar-refractivity contribution in [2.24, 2.45) is 20.5 Å². The summed E-state index contributed by atoms with van der Waals surface area (Å²) in [5.74, 6) is -7.92. The first-order valence-electron chi connectivity index (χ1n) is 28.1. The molecule has 2 heterocycles. The van der Waals surface area contributed by atoms with Crippen molar-refractivity contribution in [2.45, 2.75) is 59.1 Å². The molecular weight excluding hydrogens is 1380 g/mol. The maximum absolute atomic E-state index is 12.7. The number of aromatic hydroxyl groups is 2. The van der Waals surface area contributed by atoms with Crippen molar-refractivity contribution < 1.29 is 103 Å². The van der Waals surface area contributed by atoms with Gasteiger partial charge in [0.15, 0.2) is 18.3 Å². The summed E-state index contributed by atoms with van der Waals surface area (Å²) in [7, 11) is -20.0. The number of fused-ring (bicyclic) bond motifs is 2. The minimum atomic E-state index is -5.12. The lowest BCUT2D eigenvalue weighted by Gasteiger charge is -2.23. The van der Waals surface area contributed by atoms with Gasteiger partial charge in [0, 0.05) is 41.3 Å². The number of nitrogens with one attached hydrogen (secondary N) is 6. The standard InChI is InChI=1S/C56H56N16O22S4/c1-3-5-11-57-51-63-53(67-55(65-51)61-38-23-36(95(82,83)84)18-26-20-40(97(88,89)90)44(46(74)42(26)38)71-69-33-14-28(48(76)77)13-29(15-33)49(78)79)59-31-7-9-32(10-8-31)60-54-64-52(58-12-6-4-2)66-56(68-54)62-39-24-37(96(85,86)87)19-27-21-41(98(91,92)93)45(47(75)43(27)39)72-70-34-16-30(50(80)81)17-35(22-34)94-25-73/h7-10,13-24,73-75,88-93H,3-6,11-12,25H2,1-2H3,(H,76,77)(H,78,79)(H,80,81)(H,82,83,84)(H,85,86,87)(H3,57,59,61,63,65,67)(H3,58,60,62,64,66,68). The Balaban J connectivity index is 1.06. The summed E-state index contributed by atoms with van der Waals surface area (Å²) in [6, 6.07) is 16.9. The van der Waals surface area contributed by atoms with Crippen molar-refractivity contribution in [3.05, 3.63) is 114 Å². The Morgan fingerprint density at radius 2 is 0.816 bits per heavy atom. The molecule has 0 aliphatic rings. The van der Waals surface area contributed by atoms with Crippen LogP contribution in [0.3, 0.4) is 0 Å². The molecule has 9 aromatic rings. The van der Waals surface area contributed by atoms with Gasteiger partial charge < -0.3 is 94.6 Å². The molecular formula is C56H56N16O22S4. The van der Waals surface area contributed by atoms with E-state index < -0.39 is 143 Å². The van der Waals surface area contributed by atoms with E-state index in [2.05, 4.69) is 82.3 Å². The molecule has 0 aliphatic carbocycles. The first-order chi connectivity index (χ1) is 46.2. The molecule has 516 valence electrons. The molecule has 0 aliphatic heterocycles. The zero-order chi connectivity index (χ0) is 71.2. The molecule has 9 rings (SSSR count). The first kappa shape index (κ1) is 71.4. The van der Waals surface area contributed by atoms with E-state index in [1.54, 1.807) is 0 Å². The second-order valence-corrected chi connectivity index (χ2v) is 26.4. The van der Waals surface area contributed by atoms with Crippen molar-refractivity contribution in [1.82, 2.24) is 29.9 Å². The van der Waals surface area contributed by atoms with Crippen molar-refractivity contribution in [2.75, 3.05) is 51.8 Å². The smallest absolute Gasteiger partial charge is 0.335 e. The van der Waals surface area contributed by atoms with Crippen LogP contribution in [0.15, 0.2) is 137 Å². The van der Waals surface area contributed by atoms with Crippen molar-refractivity contribution in [3.8, 4) is 17.2 Å². The molecule has 0 saturated heterocycles. The molecule has 38 nitrogen and oxygen atoms in total. The number of phenols is 2. The molecule has 98 heavy (non-hydrogen) atoms. The molecule has 0 spiro atoms. The van der Waals surface area contributed by atoms with Gasteiger partial charge in [-0.2, -0.15) is 57.0 Å². The van der Waals surface area contributed by atoms with Gasteiger partial charge in [-0.25, -0.2) is 14.4 Å². The van der Waals surface area contributed by atoms with E-state index >= 15 is 0 Å². The third-order valence-corrected chi connectivity index (χ3v) is 17.0. The Morgan fingerprint density at radius 3 is 1.16 bits per heavy atom. The molecule has 0 radical (unpaired) electrons. The van der Waals surface area contributed by atoms with Crippen molar-refractivity contribution in [1.29, 1.82) is 0 Å². The van der Waals surface area contributed by atoms with Gasteiger partial charge in [-0.15, -0.1) is 10.2 Å². The van der Waals surface area contributed by atoms with Gasteiger partial charge in [0.2, 0.25) is 35.7 Å². The fraction of sp³-hybridized carbons (Fsp3) is 0.161. The highest BCUT2D eigenvalue weighted by molar-refractivity contribution is 8.19. The van der Waals surface area contributed by atoms with Crippen molar-refractivity contribution >= 4 is 163 Å². The number of ether oxygens (including phenoxy) is 1. The summed E-state index contributed by atoms with van der Waals surface area (Å²) >= 11 is 0. The number of aliphatic hydroxyl groups is 1. The predicted octanol–water partition coefficient (Wildman–Crippen LogP) is 12.1. The normalized spacial score (nSPS) is 12.4. The third-order valence-electron chi connectivity index (χ3n) is 13.5. The van der Waals surface area contributed by atoms with E-state index in [0.717, 1.165) is 85.6 Å². The number of carboxylic acid groups (broad SMARTS) is 3. The van der Waals surface area contributed by atoms with Crippen LogP contribution in [-0.4, -0.2) is 152 Å². The van der Waals surface area contributed by atoms with E-state index in [0.29, 0.717) is 37.3 Å². The van der Waals surface area contributed by atoms with Crippen LogP contribution in [0.25, 0.3) is 21.5 Å². The number of benzene rings is 7. The quantitative estimate of drug-likeness (QED) is 0.00896. The van der Waals surface area contributed by atoms with Gasteiger partial charge in [-0.3, -0.25) is 9.11 Å². The highest BCUT2D eigenvalue weighted by Gasteiger charge is 2.31. The molecule has 0 amide bonds. The van der Waals surface area contributed by atoms with Gasteiger partial charge in [0.25, 0.3) is 20.2 Å². The van der Waals surface area contributed by atoms with Crippen LogP contribution in [0.2, 0.25) is 0 Å². The fourth-order valence-corrected chi connectivity index (χ4v) is 11.6. The second-order valence-electron chi connectivity index (χ2n) is 20.6. The topological polar surface area (TPSA) is 611 Å². The van der Waals surface area contributed by atoms with Gasteiger partial charge in [-0.05, 0) is 115 Å². The number of anilines is 10. The zero-order valence-electron chi connectivity index (χ0n) is 50.3. The average Bonchev–Trinajstić information content (AvgIpc) is 0.753. The Kier molecular flexibility index (Phi) is 21.3. The highest BCUT2D eigenvalue weighted by atomic mass is 32.3. The van der Waals surface area contributed by atoms with Gasteiger partial charge in [0.05, 0.1) is 59.0 Å². The monoisotopic (exact) mass is 1430 g/mol. The summed E-state index contributed by atoms with van der Waals surface area (Å²) in [4.78, 5) is 58.6. The van der Waals surface area contributed by atoms with Crippen LogP contribution in [0, 0.1) is 0 Å². The molecule has 0 bridgehead atoms. The van der Waals surface area contributed by atoms with Crippen LogP contribution in [-0.2, 0) is 20.2 Å². The number of nitrogens with zero attached hydrogens (tertiary/aromatic N) is 10. The largest absolute Gasteiger partial charge is 0.505 e. The maximum atomic E-state index is 12.7.